The summed E-state index contributed by atoms with van der Waals surface area (Å²) in [5.41, 5.74) is 3.08. The molecule has 3 aromatic rings. The van der Waals surface area contributed by atoms with Gasteiger partial charge in [-0.2, -0.15) is 0 Å². The van der Waals surface area contributed by atoms with E-state index in [0.717, 1.165) is 35.3 Å². The average Bonchev–Trinajstić information content (AvgIpc) is 2.63. The number of phenols is 1. The van der Waals surface area contributed by atoms with E-state index in [1.165, 1.54) is 11.8 Å². The molecule has 0 radical (unpaired) electrons. The number of aromatic amines is 1. The van der Waals surface area contributed by atoms with E-state index >= 15 is 0 Å². The van der Waals surface area contributed by atoms with Gasteiger partial charge in [0.2, 0.25) is 0 Å². The van der Waals surface area contributed by atoms with Crippen LogP contribution >= 0.6 is 11.8 Å². The van der Waals surface area contributed by atoms with Gasteiger partial charge in [0.25, 0.3) is 5.56 Å². The van der Waals surface area contributed by atoms with Crippen LogP contribution in [0.1, 0.15) is 17.0 Å². The van der Waals surface area contributed by atoms with E-state index in [-0.39, 0.29) is 11.3 Å². The van der Waals surface area contributed by atoms with Crippen molar-refractivity contribution < 1.29 is 5.11 Å². The highest BCUT2D eigenvalue weighted by Crippen LogP contribution is 2.23. The number of pyridine rings is 1. The molecule has 3 heterocycles. The molecule has 0 saturated carbocycles. The van der Waals surface area contributed by atoms with E-state index in [2.05, 4.69) is 19.9 Å². The number of benzene rings is 1. The van der Waals surface area contributed by atoms with Gasteiger partial charge in [0.05, 0.1) is 17.0 Å². The third kappa shape index (κ3) is 3.12. The number of phenolic OH excluding ortho intramolecular Hbond substituents is 1. The number of fused-ring (bicyclic) bond motifs is 2. The van der Waals surface area contributed by atoms with Gasteiger partial charge in [-0.3, -0.25) is 9.69 Å². The largest absolute Gasteiger partial charge is 0.506 e. The highest BCUT2D eigenvalue weighted by molar-refractivity contribution is 7.98. The van der Waals surface area contributed by atoms with Gasteiger partial charge in [-0.1, -0.05) is 30.0 Å². The van der Waals surface area contributed by atoms with E-state index < -0.39 is 0 Å². The predicted molar refractivity (Wildman–Crippen MR) is 97.9 cm³/mol. The second kappa shape index (κ2) is 6.50. The molecule has 0 aliphatic carbocycles. The molecule has 0 spiro atoms. The van der Waals surface area contributed by atoms with Crippen molar-refractivity contribution in [2.75, 3.05) is 12.8 Å². The summed E-state index contributed by atoms with van der Waals surface area (Å²) in [4.78, 5) is 26.4. The Bertz CT molecular complexity index is 1000. The Morgan fingerprint density at radius 2 is 2.16 bits per heavy atom. The van der Waals surface area contributed by atoms with Gasteiger partial charge in [-0.15, -0.1) is 0 Å². The van der Waals surface area contributed by atoms with Crippen molar-refractivity contribution in [3.63, 3.8) is 0 Å². The standard InChI is InChI=1S/C18H18N4O2S/c1-25-18-20-14-7-8-22(10-13(14)17(24)21-18)9-12-6-5-11-3-2-4-15(23)16(11)19-12/h2-6,23H,7-10H2,1H3,(H,20,21,24). The van der Waals surface area contributed by atoms with Gasteiger partial charge < -0.3 is 10.1 Å². The third-order valence-electron chi connectivity index (χ3n) is 4.46. The van der Waals surface area contributed by atoms with Crippen molar-refractivity contribution >= 4 is 22.7 Å². The van der Waals surface area contributed by atoms with Crippen molar-refractivity contribution in [3.8, 4) is 5.75 Å². The molecule has 1 aliphatic rings. The van der Waals surface area contributed by atoms with Crippen LogP contribution in [0, 0.1) is 0 Å². The fourth-order valence-corrected chi connectivity index (χ4v) is 3.58. The number of H-pyrrole nitrogens is 1. The summed E-state index contributed by atoms with van der Waals surface area (Å²) in [6.45, 7) is 2.03. The van der Waals surface area contributed by atoms with Crippen LogP contribution in [0.4, 0.5) is 0 Å². The van der Waals surface area contributed by atoms with Crippen LogP contribution < -0.4 is 5.56 Å². The molecule has 4 rings (SSSR count). The molecule has 128 valence electrons. The first-order chi connectivity index (χ1) is 12.1. The molecule has 0 fully saturated rings. The van der Waals surface area contributed by atoms with Crippen molar-refractivity contribution in [2.45, 2.75) is 24.7 Å². The van der Waals surface area contributed by atoms with E-state index in [0.29, 0.717) is 23.8 Å². The molecule has 6 nitrogen and oxygen atoms in total. The quantitative estimate of drug-likeness (QED) is 0.555. The Labute approximate surface area is 148 Å². The normalized spacial score (nSPS) is 14.6. The van der Waals surface area contributed by atoms with Crippen molar-refractivity contribution in [1.29, 1.82) is 0 Å². The van der Waals surface area contributed by atoms with Gasteiger partial charge in [-0.25, -0.2) is 9.97 Å². The molecule has 0 amide bonds. The zero-order chi connectivity index (χ0) is 17.4. The van der Waals surface area contributed by atoms with E-state index in [9.17, 15) is 9.90 Å². The highest BCUT2D eigenvalue weighted by Gasteiger charge is 2.21. The maximum absolute atomic E-state index is 12.3. The van der Waals surface area contributed by atoms with Gasteiger partial charge in [-0.05, 0) is 18.4 Å². The topological polar surface area (TPSA) is 82.1 Å². The van der Waals surface area contributed by atoms with E-state index in [4.69, 9.17) is 0 Å². The summed E-state index contributed by atoms with van der Waals surface area (Å²) < 4.78 is 0. The lowest BCUT2D eigenvalue weighted by molar-refractivity contribution is 0.238. The van der Waals surface area contributed by atoms with Crippen LogP contribution in [0.2, 0.25) is 0 Å². The minimum absolute atomic E-state index is 0.0526. The lowest BCUT2D eigenvalue weighted by Gasteiger charge is -2.27. The van der Waals surface area contributed by atoms with Crippen molar-refractivity contribution in [2.24, 2.45) is 0 Å². The van der Waals surface area contributed by atoms with Crippen LogP contribution in [0.25, 0.3) is 10.9 Å². The molecule has 0 atom stereocenters. The number of rotatable bonds is 3. The zero-order valence-corrected chi connectivity index (χ0v) is 14.6. The lowest BCUT2D eigenvalue weighted by atomic mass is 10.1. The minimum atomic E-state index is -0.0526. The first-order valence-corrected chi connectivity index (χ1v) is 9.32. The van der Waals surface area contributed by atoms with Crippen LogP contribution in [0.5, 0.6) is 5.75 Å². The van der Waals surface area contributed by atoms with E-state index in [1.807, 2.05) is 30.5 Å². The first-order valence-electron chi connectivity index (χ1n) is 8.10. The number of nitrogens with zero attached hydrogens (tertiary/aromatic N) is 3. The number of nitrogens with one attached hydrogen (secondary N) is 1. The number of aromatic nitrogens is 3. The van der Waals surface area contributed by atoms with E-state index in [1.54, 1.807) is 6.07 Å². The maximum atomic E-state index is 12.3. The summed E-state index contributed by atoms with van der Waals surface area (Å²) in [6, 6.07) is 9.32. The van der Waals surface area contributed by atoms with Crippen LogP contribution in [0.15, 0.2) is 40.3 Å². The van der Waals surface area contributed by atoms with Crippen LogP contribution in [-0.2, 0) is 19.5 Å². The SMILES string of the molecule is CSc1nc2c(c(=O)[nH]1)CN(Cc1ccc3cccc(O)c3n1)CC2. The van der Waals surface area contributed by atoms with Crippen molar-refractivity contribution in [1.82, 2.24) is 19.9 Å². The monoisotopic (exact) mass is 354 g/mol. The molecule has 1 aromatic carbocycles. The summed E-state index contributed by atoms with van der Waals surface area (Å²) in [5.74, 6) is 0.188. The number of hydrogen-bond donors (Lipinski definition) is 2. The van der Waals surface area contributed by atoms with Crippen molar-refractivity contribution in [3.05, 3.63) is 57.6 Å². The summed E-state index contributed by atoms with van der Waals surface area (Å²) in [5, 5.41) is 11.6. The molecule has 0 unspecified atom stereocenters. The van der Waals surface area contributed by atoms with Crippen LogP contribution in [0.3, 0.4) is 0 Å². The Hall–Kier alpha value is -2.38. The Balaban J connectivity index is 1.59. The fourth-order valence-electron chi connectivity index (χ4n) is 3.18. The molecule has 1 aliphatic heterocycles. The molecular weight excluding hydrogens is 336 g/mol. The average molecular weight is 354 g/mol. The smallest absolute Gasteiger partial charge is 0.256 e. The second-order valence-electron chi connectivity index (χ2n) is 6.11. The Morgan fingerprint density at radius 1 is 1.28 bits per heavy atom. The second-order valence-corrected chi connectivity index (χ2v) is 6.91. The predicted octanol–water partition coefficient (Wildman–Crippen LogP) is 2.30. The Kier molecular flexibility index (Phi) is 4.19. The molecule has 7 heteroatoms. The highest BCUT2D eigenvalue weighted by atomic mass is 32.2. The fraction of sp³-hybridized carbons (Fsp3) is 0.278. The van der Waals surface area contributed by atoms with Crippen LogP contribution in [-0.4, -0.2) is 37.8 Å². The molecule has 2 aromatic heterocycles. The molecule has 0 saturated heterocycles. The van der Waals surface area contributed by atoms with Gasteiger partial charge in [0.15, 0.2) is 5.16 Å². The van der Waals surface area contributed by atoms with Gasteiger partial charge in [0, 0.05) is 31.4 Å². The molecular formula is C18H18N4O2S. The maximum Gasteiger partial charge on any atom is 0.256 e. The third-order valence-corrected chi connectivity index (χ3v) is 5.04. The number of aromatic hydroxyl groups is 1. The lowest BCUT2D eigenvalue weighted by Crippen LogP contribution is -2.35. The summed E-state index contributed by atoms with van der Waals surface area (Å²) in [7, 11) is 0. The molecule has 0 bridgehead atoms. The van der Waals surface area contributed by atoms with Gasteiger partial charge in [0.1, 0.15) is 11.3 Å². The molecule has 2 N–H and O–H groups in total. The minimum Gasteiger partial charge on any atom is -0.506 e. The number of para-hydroxylation sites is 1. The van der Waals surface area contributed by atoms with Gasteiger partial charge >= 0.3 is 0 Å². The zero-order valence-electron chi connectivity index (χ0n) is 13.8. The summed E-state index contributed by atoms with van der Waals surface area (Å²) in [6.07, 6.45) is 2.66. The summed E-state index contributed by atoms with van der Waals surface area (Å²) >= 11 is 1.45. The number of thioether (sulfide) groups is 1. The Morgan fingerprint density at radius 3 is 3.00 bits per heavy atom. The first kappa shape index (κ1) is 16.1. The number of hydrogen-bond acceptors (Lipinski definition) is 6. The molecule has 25 heavy (non-hydrogen) atoms.